The van der Waals surface area contributed by atoms with Gasteiger partial charge in [0, 0.05) is 25.0 Å². The average molecular weight is 234 g/mol. The van der Waals surface area contributed by atoms with Gasteiger partial charge in [0.15, 0.2) is 0 Å². The molecule has 0 spiro atoms. The normalized spacial score (nSPS) is 25.1. The molecule has 1 N–H and O–H groups in total. The molecule has 0 amide bonds. The monoisotopic (exact) mass is 234 g/mol. The molecular formula is C14H22N2O. The molecule has 1 heterocycles. The minimum absolute atomic E-state index is 0.0970. The van der Waals surface area contributed by atoms with Crippen LogP contribution in [0.25, 0.3) is 0 Å². The van der Waals surface area contributed by atoms with Gasteiger partial charge in [-0.1, -0.05) is 6.92 Å². The van der Waals surface area contributed by atoms with Gasteiger partial charge >= 0.3 is 0 Å². The largest absolute Gasteiger partial charge is 0.393 e. The van der Waals surface area contributed by atoms with Crippen LogP contribution < -0.4 is 0 Å². The van der Waals surface area contributed by atoms with E-state index in [1.807, 2.05) is 12.4 Å². The van der Waals surface area contributed by atoms with E-state index in [0.29, 0.717) is 6.04 Å². The van der Waals surface area contributed by atoms with Crippen molar-refractivity contribution in [2.75, 3.05) is 6.54 Å². The Morgan fingerprint density at radius 2 is 2.12 bits per heavy atom. The molecule has 1 aliphatic rings. The number of pyridine rings is 1. The summed E-state index contributed by atoms with van der Waals surface area (Å²) in [5, 5.41) is 9.75. The maximum atomic E-state index is 9.75. The Morgan fingerprint density at radius 1 is 1.35 bits per heavy atom. The second-order valence-electron chi connectivity index (χ2n) is 4.89. The van der Waals surface area contributed by atoms with Crippen LogP contribution in [0.4, 0.5) is 0 Å². The third kappa shape index (κ3) is 3.51. The van der Waals surface area contributed by atoms with E-state index in [4.69, 9.17) is 0 Å². The van der Waals surface area contributed by atoms with Crippen LogP contribution in [-0.2, 0) is 6.54 Å². The summed E-state index contributed by atoms with van der Waals surface area (Å²) in [6, 6.07) is 4.68. The van der Waals surface area contributed by atoms with Gasteiger partial charge < -0.3 is 5.11 Å². The van der Waals surface area contributed by atoms with Crippen molar-refractivity contribution in [2.24, 2.45) is 0 Å². The second-order valence-corrected chi connectivity index (χ2v) is 4.89. The van der Waals surface area contributed by atoms with Gasteiger partial charge in [-0.2, -0.15) is 0 Å². The molecule has 0 bridgehead atoms. The van der Waals surface area contributed by atoms with Crippen LogP contribution in [0.5, 0.6) is 0 Å². The zero-order valence-electron chi connectivity index (χ0n) is 10.5. The molecule has 0 saturated heterocycles. The van der Waals surface area contributed by atoms with E-state index in [-0.39, 0.29) is 6.10 Å². The highest BCUT2D eigenvalue weighted by molar-refractivity contribution is 5.09. The van der Waals surface area contributed by atoms with Crippen LogP contribution in [0.3, 0.4) is 0 Å². The standard InChI is InChI=1S/C14H22N2O/c1-2-16(11-12-6-8-15-9-7-12)13-4-3-5-14(17)10-13/h6-9,13-14,17H,2-5,10-11H2,1H3. The van der Waals surface area contributed by atoms with Crippen molar-refractivity contribution in [3.05, 3.63) is 30.1 Å². The molecule has 94 valence electrons. The van der Waals surface area contributed by atoms with Crippen LogP contribution in [0.15, 0.2) is 24.5 Å². The highest BCUT2D eigenvalue weighted by Gasteiger charge is 2.24. The van der Waals surface area contributed by atoms with Crippen molar-refractivity contribution in [1.82, 2.24) is 9.88 Å². The minimum Gasteiger partial charge on any atom is -0.393 e. The van der Waals surface area contributed by atoms with Gasteiger partial charge in [0.25, 0.3) is 0 Å². The summed E-state index contributed by atoms with van der Waals surface area (Å²) in [5.74, 6) is 0. The van der Waals surface area contributed by atoms with Crippen molar-refractivity contribution in [3.8, 4) is 0 Å². The van der Waals surface area contributed by atoms with Gasteiger partial charge in [-0.25, -0.2) is 0 Å². The minimum atomic E-state index is -0.0970. The Kier molecular flexibility index (Phi) is 4.51. The summed E-state index contributed by atoms with van der Waals surface area (Å²) in [4.78, 5) is 6.51. The molecule has 2 rings (SSSR count). The molecule has 3 nitrogen and oxygen atoms in total. The first kappa shape index (κ1) is 12.5. The Balaban J connectivity index is 1.96. The van der Waals surface area contributed by atoms with Crippen molar-refractivity contribution < 1.29 is 5.11 Å². The van der Waals surface area contributed by atoms with E-state index in [2.05, 4.69) is 28.9 Å². The topological polar surface area (TPSA) is 36.4 Å². The lowest BCUT2D eigenvalue weighted by Crippen LogP contribution is -2.39. The lowest BCUT2D eigenvalue weighted by atomic mass is 9.91. The molecule has 2 unspecified atom stereocenters. The summed E-state index contributed by atoms with van der Waals surface area (Å²) in [5.41, 5.74) is 1.31. The van der Waals surface area contributed by atoms with Crippen LogP contribution in [0, 0.1) is 0 Å². The maximum Gasteiger partial charge on any atom is 0.0555 e. The smallest absolute Gasteiger partial charge is 0.0555 e. The fourth-order valence-electron chi connectivity index (χ4n) is 2.69. The van der Waals surface area contributed by atoms with E-state index in [1.165, 1.54) is 12.0 Å². The van der Waals surface area contributed by atoms with Crippen LogP contribution in [0.2, 0.25) is 0 Å². The summed E-state index contributed by atoms with van der Waals surface area (Å²) >= 11 is 0. The molecule has 17 heavy (non-hydrogen) atoms. The second kappa shape index (κ2) is 6.12. The molecule has 1 fully saturated rings. The molecule has 1 aliphatic carbocycles. The van der Waals surface area contributed by atoms with E-state index in [1.54, 1.807) is 0 Å². The number of hydrogen-bond acceptors (Lipinski definition) is 3. The SMILES string of the molecule is CCN(Cc1ccncc1)C1CCCC(O)C1. The molecule has 3 heteroatoms. The van der Waals surface area contributed by atoms with E-state index < -0.39 is 0 Å². The van der Waals surface area contributed by atoms with Gasteiger partial charge in [0.05, 0.1) is 6.10 Å². The molecule has 0 aliphatic heterocycles. The molecule has 1 aromatic rings. The summed E-state index contributed by atoms with van der Waals surface area (Å²) in [7, 11) is 0. The first-order valence-corrected chi connectivity index (χ1v) is 6.60. The number of aliphatic hydroxyl groups excluding tert-OH is 1. The molecule has 0 aromatic carbocycles. The zero-order valence-corrected chi connectivity index (χ0v) is 10.5. The fourth-order valence-corrected chi connectivity index (χ4v) is 2.69. The highest BCUT2D eigenvalue weighted by Crippen LogP contribution is 2.24. The van der Waals surface area contributed by atoms with Crippen molar-refractivity contribution in [2.45, 2.75) is 51.3 Å². The Hall–Kier alpha value is -0.930. The Morgan fingerprint density at radius 3 is 2.76 bits per heavy atom. The van der Waals surface area contributed by atoms with Crippen molar-refractivity contribution >= 4 is 0 Å². The van der Waals surface area contributed by atoms with Gasteiger partial charge in [0.2, 0.25) is 0 Å². The van der Waals surface area contributed by atoms with E-state index in [9.17, 15) is 5.11 Å². The quantitative estimate of drug-likeness (QED) is 0.867. The molecule has 1 aromatic heterocycles. The van der Waals surface area contributed by atoms with Crippen LogP contribution in [-0.4, -0.2) is 33.7 Å². The number of hydrogen-bond donors (Lipinski definition) is 1. The molecule has 2 atom stereocenters. The third-order valence-electron chi connectivity index (χ3n) is 3.68. The maximum absolute atomic E-state index is 9.75. The van der Waals surface area contributed by atoms with Gasteiger partial charge in [-0.05, 0) is 49.9 Å². The third-order valence-corrected chi connectivity index (χ3v) is 3.68. The molecule has 1 saturated carbocycles. The summed E-state index contributed by atoms with van der Waals surface area (Å²) in [6.07, 6.45) is 7.87. The average Bonchev–Trinajstić information content (AvgIpc) is 2.37. The lowest BCUT2D eigenvalue weighted by molar-refractivity contribution is 0.0606. The van der Waals surface area contributed by atoms with Gasteiger partial charge in [0.1, 0.15) is 0 Å². The number of aromatic nitrogens is 1. The molecule has 0 radical (unpaired) electrons. The first-order chi connectivity index (χ1) is 8.29. The fraction of sp³-hybridized carbons (Fsp3) is 0.643. The number of nitrogens with zero attached hydrogens (tertiary/aromatic N) is 2. The lowest BCUT2D eigenvalue weighted by Gasteiger charge is -2.35. The number of rotatable bonds is 4. The Labute approximate surface area is 103 Å². The zero-order chi connectivity index (χ0) is 12.1. The first-order valence-electron chi connectivity index (χ1n) is 6.60. The van der Waals surface area contributed by atoms with E-state index >= 15 is 0 Å². The highest BCUT2D eigenvalue weighted by atomic mass is 16.3. The van der Waals surface area contributed by atoms with Crippen molar-refractivity contribution in [1.29, 1.82) is 0 Å². The Bertz CT molecular complexity index is 328. The van der Waals surface area contributed by atoms with E-state index in [0.717, 1.165) is 32.4 Å². The molecular weight excluding hydrogens is 212 g/mol. The number of aliphatic hydroxyl groups is 1. The van der Waals surface area contributed by atoms with Gasteiger partial charge in [-0.3, -0.25) is 9.88 Å². The van der Waals surface area contributed by atoms with Crippen molar-refractivity contribution in [3.63, 3.8) is 0 Å². The van der Waals surface area contributed by atoms with Gasteiger partial charge in [-0.15, -0.1) is 0 Å². The summed E-state index contributed by atoms with van der Waals surface area (Å²) < 4.78 is 0. The van der Waals surface area contributed by atoms with Crippen LogP contribution >= 0.6 is 0 Å². The summed E-state index contributed by atoms with van der Waals surface area (Å²) in [6.45, 7) is 4.21. The predicted molar refractivity (Wildman–Crippen MR) is 68.6 cm³/mol. The predicted octanol–water partition coefficient (Wildman–Crippen LogP) is 2.21. The van der Waals surface area contributed by atoms with Crippen LogP contribution in [0.1, 0.15) is 38.2 Å².